The van der Waals surface area contributed by atoms with Gasteiger partial charge in [-0.3, -0.25) is 9.78 Å². The number of para-hydroxylation sites is 1. The number of hydrogen-bond donors (Lipinski definition) is 2. The number of carbonyl (C=O) groups excluding carboxylic acids is 1. The van der Waals surface area contributed by atoms with Crippen LogP contribution in [0.15, 0.2) is 91.3 Å². The van der Waals surface area contributed by atoms with Crippen LogP contribution < -0.4 is 20.1 Å². The van der Waals surface area contributed by atoms with Gasteiger partial charge in [0.05, 0.1) is 31.2 Å². The Morgan fingerprint density at radius 3 is 2.42 bits per heavy atom. The summed E-state index contributed by atoms with van der Waals surface area (Å²) in [5.41, 5.74) is 4.85. The molecule has 0 fully saturated rings. The number of rotatable bonds is 8. The van der Waals surface area contributed by atoms with E-state index in [1.54, 1.807) is 31.6 Å². The maximum atomic E-state index is 12.8. The minimum atomic E-state index is -0.218. The van der Waals surface area contributed by atoms with Crippen LogP contribution in [-0.4, -0.2) is 24.6 Å². The van der Waals surface area contributed by atoms with Gasteiger partial charge < -0.3 is 20.1 Å². The molecule has 0 aliphatic heterocycles. The fourth-order valence-electron chi connectivity index (χ4n) is 3.42. The highest BCUT2D eigenvalue weighted by Crippen LogP contribution is 2.27. The number of nitrogens with zero attached hydrogens (tertiary/aromatic N) is 1. The Morgan fingerprint density at radius 2 is 1.64 bits per heavy atom. The van der Waals surface area contributed by atoms with Gasteiger partial charge in [0.25, 0.3) is 5.91 Å². The first kappa shape index (κ1) is 21.9. The van der Waals surface area contributed by atoms with E-state index < -0.39 is 0 Å². The highest BCUT2D eigenvalue weighted by molar-refractivity contribution is 6.06. The zero-order chi connectivity index (χ0) is 23.0. The van der Waals surface area contributed by atoms with Crippen LogP contribution in [0.3, 0.4) is 0 Å². The molecule has 6 heteroatoms. The molecule has 2 N–H and O–H groups in total. The average Bonchev–Trinajstić information content (AvgIpc) is 2.85. The predicted molar refractivity (Wildman–Crippen MR) is 132 cm³/mol. The summed E-state index contributed by atoms with van der Waals surface area (Å²) in [4.78, 5) is 17.2. The maximum Gasteiger partial charge on any atom is 0.259 e. The van der Waals surface area contributed by atoms with Gasteiger partial charge in [-0.05, 0) is 67.1 Å². The molecular formula is C27H25N3O3. The molecule has 1 amide bonds. The van der Waals surface area contributed by atoms with E-state index in [4.69, 9.17) is 9.47 Å². The number of amides is 1. The van der Waals surface area contributed by atoms with E-state index in [-0.39, 0.29) is 5.91 Å². The second kappa shape index (κ2) is 10.3. The third-order valence-electron chi connectivity index (χ3n) is 5.00. The van der Waals surface area contributed by atoms with Crippen LogP contribution >= 0.6 is 0 Å². The van der Waals surface area contributed by atoms with Crippen molar-refractivity contribution in [1.82, 2.24) is 4.98 Å². The van der Waals surface area contributed by atoms with Crippen LogP contribution in [0.25, 0.3) is 11.1 Å². The van der Waals surface area contributed by atoms with Gasteiger partial charge in [-0.1, -0.05) is 24.3 Å². The van der Waals surface area contributed by atoms with E-state index in [9.17, 15) is 4.79 Å². The Morgan fingerprint density at radius 1 is 0.848 bits per heavy atom. The lowest BCUT2D eigenvalue weighted by atomic mass is 10.1. The first-order valence-corrected chi connectivity index (χ1v) is 10.7. The first-order chi connectivity index (χ1) is 16.2. The van der Waals surface area contributed by atoms with Crippen molar-refractivity contribution in [3.63, 3.8) is 0 Å². The number of pyridine rings is 1. The molecule has 0 saturated carbocycles. The Bertz CT molecular complexity index is 1240. The molecule has 6 nitrogen and oxygen atoms in total. The van der Waals surface area contributed by atoms with E-state index in [0.29, 0.717) is 23.6 Å². The molecule has 33 heavy (non-hydrogen) atoms. The summed E-state index contributed by atoms with van der Waals surface area (Å²) in [5.74, 6) is 1.15. The lowest BCUT2D eigenvalue weighted by molar-refractivity contribution is 0.102. The average molecular weight is 440 g/mol. The molecule has 4 rings (SSSR count). The topological polar surface area (TPSA) is 72.5 Å². The highest BCUT2D eigenvalue weighted by atomic mass is 16.5. The van der Waals surface area contributed by atoms with Gasteiger partial charge >= 0.3 is 0 Å². The lowest BCUT2D eigenvalue weighted by Gasteiger charge is -2.12. The number of methoxy groups -OCH3 is 1. The van der Waals surface area contributed by atoms with Crippen molar-refractivity contribution in [3.05, 3.63) is 96.8 Å². The van der Waals surface area contributed by atoms with Crippen molar-refractivity contribution in [2.24, 2.45) is 0 Å². The number of ether oxygens (including phenoxy) is 2. The molecule has 0 bridgehead atoms. The van der Waals surface area contributed by atoms with E-state index in [0.717, 1.165) is 28.3 Å². The maximum absolute atomic E-state index is 12.8. The minimum absolute atomic E-state index is 0.218. The van der Waals surface area contributed by atoms with Crippen molar-refractivity contribution in [3.8, 4) is 22.6 Å². The van der Waals surface area contributed by atoms with Gasteiger partial charge in [0.2, 0.25) is 0 Å². The van der Waals surface area contributed by atoms with Crippen molar-refractivity contribution < 1.29 is 14.3 Å². The highest BCUT2D eigenvalue weighted by Gasteiger charge is 2.12. The Labute approximate surface area is 193 Å². The summed E-state index contributed by atoms with van der Waals surface area (Å²) in [6, 6.07) is 24.6. The summed E-state index contributed by atoms with van der Waals surface area (Å²) in [5, 5.41) is 6.32. The van der Waals surface area contributed by atoms with Gasteiger partial charge in [-0.25, -0.2) is 0 Å². The molecule has 0 spiro atoms. The number of nitrogens with one attached hydrogen (secondary N) is 2. The second-order valence-corrected chi connectivity index (χ2v) is 7.28. The number of carbonyl (C=O) groups is 1. The molecule has 1 aromatic heterocycles. The summed E-state index contributed by atoms with van der Waals surface area (Å²) in [6.07, 6.45) is 3.56. The molecular weight excluding hydrogens is 414 g/mol. The lowest BCUT2D eigenvalue weighted by Crippen LogP contribution is -2.13. The number of aromatic nitrogens is 1. The first-order valence-electron chi connectivity index (χ1n) is 10.7. The van der Waals surface area contributed by atoms with Crippen LogP contribution in [0.2, 0.25) is 0 Å². The van der Waals surface area contributed by atoms with Crippen LogP contribution in [0.5, 0.6) is 11.5 Å². The van der Waals surface area contributed by atoms with Gasteiger partial charge in [-0.2, -0.15) is 0 Å². The largest absolute Gasteiger partial charge is 0.497 e. The molecule has 0 saturated heterocycles. The molecule has 4 aromatic rings. The Hall–Kier alpha value is -4.32. The fourth-order valence-corrected chi connectivity index (χ4v) is 3.42. The minimum Gasteiger partial charge on any atom is -0.497 e. The zero-order valence-electron chi connectivity index (χ0n) is 18.5. The number of anilines is 3. The van der Waals surface area contributed by atoms with E-state index in [1.807, 2.05) is 73.7 Å². The van der Waals surface area contributed by atoms with Crippen LogP contribution in [0.4, 0.5) is 17.1 Å². The molecule has 0 atom stereocenters. The van der Waals surface area contributed by atoms with Gasteiger partial charge in [-0.15, -0.1) is 0 Å². The van der Waals surface area contributed by atoms with Gasteiger partial charge in [0.15, 0.2) is 0 Å². The van der Waals surface area contributed by atoms with Crippen molar-refractivity contribution in [1.29, 1.82) is 0 Å². The molecule has 3 aromatic carbocycles. The molecule has 1 heterocycles. The van der Waals surface area contributed by atoms with E-state index in [1.165, 1.54) is 0 Å². The van der Waals surface area contributed by atoms with Gasteiger partial charge in [0.1, 0.15) is 11.5 Å². The molecule has 0 radical (unpaired) electrons. The molecule has 166 valence electrons. The standard InChI is InChI=1S/C27H25N3O3/c1-3-33-26-10-5-4-9-25(26)27(31)30-22-8-6-7-19(15-22)20-16-23(18-28-17-20)29-21-11-13-24(32-2)14-12-21/h4-18,29H,3H2,1-2H3,(H,30,31). The van der Waals surface area contributed by atoms with Crippen LogP contribution in [-0.2, 0) is 0 Å². The van der Waals surface area contributed by atoms with Crippen LogP contribution in [0, 0.1) is 0 Å². The normalized spacial score (nSPS) is 10.4. The van der Waals surface area contributed by atoms with Crippen LogP contribution in [0.1, 0.15) is 17.3 Å². The third kappa shape index (κ3) is 5.49. The zero-order valence-corrected chi connectivity index (χ0v) is 18.5. The third-order valence-corrected chi connectivity index (χ3v) is 5.00. The molecule has 0 unspecified atom stereocenters. The van der Waals surface area contributed by atoms with Gasteiger partial charge in [0, 0.05) is 23.1 Å². The summed E-state index contributed by atoms with van der Waals surface area (Å²) in [6.45, 7) is 2.39. The number of benzene rings is 3. The predicted octanol–water partition coefficient (Wildman–Crippen LogP) is 6.15. The Kier molecular flexibility index (Phi) is 6.85. The van der Waals surface area contributed by atoms with Crippen molar-refractivity contribution in [2.75, 3.05) is 24.4 Å². The summed E-state index contributed by atoms with van der Waals surface area (Å²) >= 11 is 0. The fraction of sp³-hybridized carbons (Fsp3) is 0.111. The van der Waals surface area contributed by atoms with E-state index in [2.05, 4.69) is 15.6 Å². The second-order valence-electron chi connectivity index (χ2n) is 7.28. The van der Waals surface area contributed by atoms with E-state index >= 15 is 0 Å². The smallest absolute Gasteiger partial charge is 0.259 e. The Balaban J connectivity index is 1.52. The monoisotopic (exact) mass is 439 g/mol. The molecule has 0 aliphatic carbocycles. The quantitative estimate of drug-likeness (QED) is 0.344. The summed E-state index contributed by atoms with van der Waals surface area (Å²) in [7, 11) is 1.64. The SMILES string of the molecule is CCOc1ccccc1C(=O)Nc1cccc(-c2cncc(Nc3ccc(OC)cc3)c2)c1. The summed E-state index contributed by atoms with van der Waals surface area (Å²) < 4.78 is 10.8. The number of hydrogen-bond acceptors (Lipinski definition) is 5. The molecule has 0 aliphatic rings. The van der Waals surface area contributed by atoms with Crippen molar-refractivity contribution >= 4 is 23.0 Å². The van der Waals surface area contributed by atoms with Crippen molar-refractivity contribution in [2.45, 2.75) is 6.92 Å².